The molecule has 2 fully saturated rings. The molecule has 0 spiro atoms. The molecule has 0 unspecified atom stereocenters. The van der Waals surface area contributed by atoms with Gasteiger partial charge in [0.25, 0.3) is 0 Å². The van der Waals surface area contributed by atoms with Gasteiger partial charge in [-0.1, -0.05) is 30.3 Å². The van der Waals surface area contributed by atoms with Gasteiger partial charge in [0, 0.05) is 30.6 Å². The lowest BCUT2D eigenvalue weighted by Gasteiger charge is -2.55. The van der Waals surface area contributed by atoms with Gasteiger partial charge in [-0.3, -0.25) is 14.4 Å². The van der Waals surface area contributed by atoms with Gasteiger partial charge < -0.3 is 10.3 Å². The van der Waals surface area contributed by atoms with Crippen molar-refractivity contribution in [2.75, 3.05) is 39.3 Å². The number of rotatable bonds is 5. The lowest BCUT2D eigenvalue weighted by molar-refractivity contribution is -0.00494. The summed E-state index contributed by atoms with van der Waals surface area (Å²) in [6.07, 6.45) is 8.66. The second-order valence-corrected chi connectivity index (χ2v) is 9.79. The Morgan fingerprint density at radius 3 is 2.64 bits per heavy atom. The zero-order valence-electron chi connectivity index (χ0n) is 19.6. The molecule has 5 heterocycles. The number of nitrogens with zero attached hydrogens (tertiary/aromatic N) is 4. The van der Waals surface area contributed by atoms with Gasteiger partial charge in [-0.25, -0.2) is 0 Å². The zero-order valence-corrected chi connectivity index (χ0v) is 21.2. The molecule has 0 saturated carbocycles. The van der Waals surface area contributed by atoms with E-state index in [2.05, 4.69) is 45.6 Å². The van der Waals surface area contributed by atoms with Crippen LogP contribution in [0.4, 0.5) is 0 Å². The second-order valence-electron chi connectivity index (χ2n) is 9.79. The molecule has 0 amide bonds. The first-order valence-corrected chi connectivity index (χ1v) is 12.1. The minimum absolute atomic E-state index is 0. The largest absolute Gasteiger partial charge is 0.412 e. The van der Waals surface area contributed by atoms with Crippen LogP contribution >= 0.6 is 24.8 Å². The molecule has 0 bridgehead atoms. The smallest absolute Gasteiger partial charge is 0.153 e. The van der Waals surface area contributed by atoms with E-state index in [1.165, 1.54) is 74.9 Å². The fraction of sp³-hybridized carbons (Fsp3) is 0.640. The van der Waals surface area contributed by atoms with E-state index in [-0.39, 0.29) is 30.3 Å². The van der Waals surface area contributed by atoms with Crippen LogP contribution in [0.1, 0.15) is 62.7 Å². The van der Waals surface area contributed by atoms with Crippen molar-refractivity contribution in [3.63, 3.8) is 0 Å². The highest BCUT2D eigenvalue weighted by Crippen LogP contribution is 2.57. The van der Waals surface area contributed by atoms with Gasteiger partial charge in [0.1, 0.15) is 6.61 Å². The molecule has 8 heteroatoms. The van der Waals surface area contributed by atoms with Gasteiger partial charge in [-0.2, -0.15) is 0 Å². The fourth-order valence-electron chi connectivity index (χ4n) is 6.84. The summed E-state index contributed by atoms with van der Waals surface area (Å²) in [5.74, 6) is 1.13. The van der Waals surface area contributed by atoms with Crippen molar-refractivity contribution in [3.05, 3.63) is 35.5 Å². The summed E-state index contributed by atoms with van der Waals surface area (Å²) in [7, 11) is 0. The fourth-order valence-corrected chi connectivity index (χ4v) is 6.84. The molecule has 0 aliphatic carbocycles. The third-order valence-corrected chi connectivity index (χ3v) is 8.33. The van der Waals surface area contributed by atoms with Crippen LogP contribution in [-0.2, 0) is 11.3 Å². The van der Waals surface area contributed by atoms with Crippen LogP contribution < -0.4 is 0 Å². The first kappa shape index (κ1) is 26.3. The van der Waals surface area contributed by atoms with E-state index >= 15 is 0 Å². The lowest BCUT2D eigenvalue weighted by Crippen LogP contribution is -2.53. The van der Waals surface area contributed by atoms with Crippen molar-refractivity contribution in [2.45, 2.75) is 57.9 Å². The Balaban J connectivity index is 0.00000102. The van der Waals surface area contributed by atoms with Crippen molar-refractivity contribution in [3.8, 4) is 0 Å². The molecule has 1 aromatic heterocycles. The quantitative estimate of drug-likeness (QED) is 0.454. The van der Waals surface area contributed by atoms with Crippen molar-refractivity contribution in [1.82, 2.24) is 14.4 Å². The number of hydrogen-bond acceptors (Lipinski definition) is 4. The first-order chi connectivity index (χ1) is 14.8. The summed E-state index contributed by atoms with van der Waals surface area (Å²) in [4.78, 5) is 11.2. The van der Waals surface area contributed by atoms with Crippen molar-refractivity contribution >= 4 is 41.6 Å². The summed E-state index contributed by atoms with van der Waals surface area (Å²) < 4.78 is 2.48. The molecular weight excluding hydrogens is 459 g/mol. The number of hydrogen-bond donors (Lipinski definition) is 0. The Labute approximate surface area is 209 Å². The maximum absolute atomic E-state index is 5.98. The van der Waals surface area contributed by atoms with Crippen molar-refractivity contribution in [1.29, 1.82) is 0 Å². The third-order valence-electron chi connectivity index (χ3n) is 8.33. The molecule has 6 nitrogen and oxygen atoms in total. The standard InChI is InChI=1S/C25H34N4O.2ClH.H2O/c1-2-25-11-7-14-28-15-10-20-19-8-3-4-9-21(19)29(23(20)24(25)28)22(18-25)26-30-17-16-27-12-5-6-13-27;;;/h3-4,8-9,24H,2,5-7,10-18H2,1H3;2*1H;1H2/b26-22-;;;/t24-,25+;;;/m1.../s1. The number of aromatic nitrogens is 1. The van der Waals surface area contributed by atoms with E-state index in [1.807, 2.05) is 0 Å². The Morgan fingerprint density at radius 1 is 1.06 bits per heavy atom. The van der Waals surface area contributed by atoms with E-state index < -0.39 is 0 Å². The summed E-state index contributed by atoms with van der Waals surface area (Å²) in [5, 5.41) is 6.24. The van der Waals surface area contributed by atoms with Crippen LogP contribution in [0.3, 0.4) is 0 Å². The molecule has 184 valence electrons. The lowest BCUT2D eigenvalue weighted by atomic mass is 9.64. The summed E-state index contributed by atoms with van der Waals surface area (Å²) in [6.45, 7) is 8.95. The SMILES string of the molecule is CC[C@]12CCCN3CCc4c(n(c5ccccc45)/C(=N\OCCN4CCCC4)C1)[C@@H]32.Cl.Cl.O. The predicted molar refractivity (Wildman–Crippen MR) is 139 cm³/mol. The van der Waals surface area contributed by atoms with E-state index in [9.17, 15) is 0 Å². The van der Waals surface area contributed by atoms with Gasteiger partial charge in [0.2, 0.25) is 0 Å². The van der Waals surface area contributed by atoms with Gasteiger partial charge in [0.15, 0.2) is 5.84 Å². The van der Waals surface area contributed by atoms with E-state index in [0.29, 0.717) is 18.1 Å². The number of oxime groups is 1. The molecule has 0 radical (unpaired) electrons. The van der Waals surface area contributed by atoms with Crippen molar-refractivity contribution < 1.29 is 10.3 Å². The van der Waals surface area contributed by atoms with Crippen molar-refractivity contribution in [2.24, 2.45) is 10.6 Å². The molecular formula is C25H38Cl2N4O2. The Bertz CT molecular complexity index is 988. The Hall–Kier alpha value is -1.31. The number of halogens is 2. The average molecular weight is 498 g/mol. The highest BCUT2D eigenvalue weighted by molar-refractivity contribution is 6.00. The average Bonchev–Trinajstić information content (AvgIpc) is 3.42. The highest BCUT2D eigenvalue weighted by atomic mass is 35.5. The number of likely N-dealkylation sites (tertiary alicyclic amines) is 1. The molecule has 2 aromatic rings. The monoisotopic (exact) mass is 496 g/mol. The Morgan fingerprint density at radius 2 is 1.85 bits per heavy atom. The number of piperidine rings is 1. The summed E-state index contributed by atoms with van der Waals surface area (Å²) >= 11 is 0. The maximum Gasteiger partial charge on any atom is 0.153 e. The predicted octanol–water partition coefficient (Wildman–Crippen LogP) is 4.43. The molecule has 4 aliphatic heterocycles. The number of para-hydroxylation sites is 1. The second kappa shape index (κ2) is 10.5. The van der Waals surface area contributed by atoms with Gasteiger partial charge in [-0.05, 0) is 75.2 Å². The van der Waals surface area contributed by atoms with Crippen LogP contribution in [-0.4, -0.2) is 65.0 Å². The third kappa shape index (κ3) is 4.19. The minimum Gasteiger partial charge on any atom is -0.412 e. The van der Waals surface area contributed by atoms with Crippen LogP contribution in [0.2, 0.25) is 0 Å². The topological polar surface area (TPSA) is 64.5 Å². The summed E-state index contributed by atoms with van der Waals surface area (Å²) in [6, 6.07) is 9.49. The highest BCUT2D eigenvalue weighted by Gasteiger charge is 2.52. The van der Waals surface area contributed by atoms with Crippen LogP contribution in [0.15, 0.2) is 29.4 Å². The normalized spacial score (nSPS) is 27.4. The molecule has 2 N–H and O–H groups in total. The van der Waals surface area contributed by atoms with Crippen LogP contribution in [0.5, 0.6) is 0 Å². The number of benzene rings is 1. The van der Waals surface area contributed by atoms with E-state index in [1.54, 1.807) is 5.56 Å². The molecule has 1 aromatic carbocycles. The van der Waals surface area contributed by atoms with E-state index in [0.717, 1.165) is 25.2 Å². The number of fused-ring (bicyclic) bond motifs is 3. The molecule has 4 aliphatic rings. The van der Waals surface area contributed by atoms with Crippen LogP contribution in [0.25, 0.3) is 10.9 Å². The Kier molecular flexibility index (Phi) is 8.39. The van der Waals surface area contributed by atoms with Gasteiger partial charge in [-0.15, -0.1) is 24.8 Å². The summed E-state index contributed by atoms with van der Waals surface area (Å²) in [5.41, 5.74) is 4.71. The minimum atomic E-state index is 0. The molecule has 6 rings (SSSR count). The van der Waals surface area contributed by atoms with Gasteiger partial charge in [0.05, 0.1) is 11.6 Å². The van der Waals surface area contributed by atoms with E-state index in [4.69, 9.17) is 9.99 Å². The zero-order chi connectivity index (χ0) is 20.1. The molecule has 2 saturated heterocycles. The molecule has 2 atom stereocenters. The molecule has 33 heavy (non-hydrogen) atoms. The van der Waals surface area contributed by atoms with Crippen LogP contribution in [0, 0.1) is 5.41 Å². The van der Waals surface area contributed by atoms with Gasteiger partial charge >= 0.3 is 0 Å². The first-order valence-electron chi connectivity index (χ1n) is 12.1. The maximum atomic E-state index is 5.98.